The quantitative estimate of drug-likeness (QED) is 0.669. The zero-order valence-electron chi connectivity index (χ0n) is 9.05. The third kappa shape index (κ3) is 2.45. The SMILES string of the molecule is CSc1cc(Cl)nn(-c2ccc(N)cc2)c1=O. The molecule has 0 saturated carbocycles. The molecule has 1 heterocycles. The highest BCUT2D eigenvalue weighted by Crippen LogP contribution is 2.15. The molecule has 0 saturated heterocycles. The van der Waals surface area contributed by atoms with E-state index in [1.54, 1.807) is 30.3 Å². The van der Waals surface area contributed by atoms with E-state index in [4.69, 9.17) is 17.3 Å². The second-order valence-electron chi connectivity index (χ2n) is 3.34. The number of hydrogen-bond donors (Lipinski definition) is 1. The fourth-order valence-corrected chi connectivity index (χ4v) is 2.12. The van der Waals surface area contributed by atoms with Gasteiger partial charge in [-0.15, -0.1) is 11.8 Å². The average Bonchev–Trinajstić information content (AvgIpc) is 2.33. The molecule has 0 fully saturated rings. The maximum atomic E-state index is 12.0. The highest BCUT2D eigenvalue weighted by Gasteiger charge is 2.08. The van der Waals surface area contributed by atoms with Gasteiger partial charge in [0.1, 0.15) is 0 Å². The molecular weight excluding hydrogens is 258 g/mol. The van der Waals surface area contributed by atoms with Crippen LogP contribution in [-0.2, 0) is 0 Å². The van der Waals surface area contributed by atoms with Crippen LogP contribution >= 0.6 is 23.4 Å². The molecule has 0 atom stereocenters. The van der Waals surface area contributed by atoms with Crippen LogP contribution in [0.5, 0.6) is 0 Å². The van der Waals surface area contributed by atoms with Crippen molar-refractivity contribution >= 4 is 29.1 Å². The summed E-state index contributed by atoms with van der Waals surface area (Å²) < 4.78 is 1.27. The van der Waals surface area contributed by atoms with E-state index in [1.165, 1.54) is 16.4 Å². The van der Waals surface area contributed by atoms with Crippen LogP contribution in [-0.4, -0.2) is 16.0 Å². The number of anilines is 1. The molecule has 0 spiro atoms. The van der Waals surface area contributed by atoms with Gasteiger partial charge in [0.2, 0.25) is 0 Å². The third-order valence-corrected chi connectivity index (χ3v) is 3.12. The van der Waals surface area contributed by atoms with Crippen molar-refractivity contribution < 1.29 is 0 Å². The molecule has 2 aromatic rings. The number of nitrogens with two attached hydrogens (primary N) is 1. The van der Waals surface area contributed by atoms with Crippen LogP contribution in [0.2, 0.25) is 5.15 Å². The monoisotopic (exact) mass is 267 g/mol. The maximum absolute atomic E-state index is 12.0. The summed E-state index contributed by atoms with van der Waals surface area (Å²) in [4.78, 5) is 12.6. The molecule has 2 N–H and O–H groups in total. The van der Waals surface area contributed by atoms with E-state index in [0.717, 1.165) is 0 Å². The summed E-state index contributed by atoms with van der Waals surface area (Å²) in [6.45, 7) is 0. The molecule has 6 heteroatoms. The maximum Gasteiger partial charge on any atom is 0.285 e. The van der Waals surface area contributed by atoms with Crippen molar-refractivity contribution in [2.75, 3.05) is 12.0 Å². The summed E-state index contributed by atoms with van der Waals surface area (Å²) in [7, 11) is 0. The van der Waals surface area contributed by atoms with Gasteiger partial charge in [-0.25, -0.2) is 0 Å². The molecule has 1 aromatic carbocycles. The molecule has 0 amide bonds. The lowest BCUT2D eigenvalue weighted by atomic mass is 10.3. The van der Waals surface area contributed by atoms with Crippen molar-refractivity contribution in [1.82, 2.24) is 9.78 Å². The number of benzene rings is 1. The zero-order chi connectivity index (χ0) is 12.4. The van der Waals surface area contributed by atoms with Gasteiger partial charge in [-0.3, -0.25) is 4.79 Å². The molecule has 88 valence electrons. The van der Waals surface area contributed by atoms with E-state index in [9.17, 15) is 4.79 Å². The lowest BCUT2D eigenvalue weighted by Crippen LogP contribution is -2.22. The second kappa shape index (κ2) is 4.81. The largest absolute Gasteiger partial charge is 0.399 e. The first-order valence-electron chi connectivity index (χ1n) is 4.81. The molecule has 0 aliphatic rings. The van der Waals surface area contributed by atoms with Crippen molar-refractivity contribution in [2.24, 2.45) is 0 Å². The number of nitrogen functional groups attached to an aromatic ring is 1. The Balaban J connectivity index is 2.63. The lowest BCUT2D eigenvalue weighted by molar-refractivity contribution is 0.782. The Labute approximate surface area is 107 Å². The molecule has 0 radical (unpaired) electrons. The van der Waals surface area contributed by atoms with E-state index in [-0.39, 0.29) is 10.7 Å². The smallest absolute Gasteiger partial charge is 0.285 e. The van der Waals surface area contributed by atoms with Gasteiger partial charge < -0.3 is 5.73 Å². The average molecular weight is 268 g/mol. The Hall–Kier alpha value is -1.46. The molecular formula is C11H10ClN3OS. The molecule has 2 rings (SSSR count). The van der Waals surface area contributed by atoms with Gasteiger partial charge in [0.15, 0.2) is 5.15 Å². The highest BCUT2D eigenvalue weighted by molar-refractivity contribution is 7.98. The van der Waals surface area contributed by atoms with Gasteiger partial charge in [-0.2, -0.15) is 9.78 Å². The minimum Gasteiger partial charge on any atom is -0.399 e. The van der Waals surface area contributed by atoms with E-state index in [2.05, 4.69) is 5.10 Å². The first-order chi connectivity index (χ1) is 8.11. The van der Waals surface area contributed by atoms with Crippen LogP contribution < -0.4 is 11.3 Å². The van der Waals surface area contributed by atoms with Gasteiger partial charge in [-0.1, -0.05) is 11.6 Å². The Morgan fingerprint density at radius 2 is 2.00 bits per heavy atom. The van der Waals surface area contributed by atoms with Crippen LogP contribution in [0.4, 0.5) is 5.69 Å². The number of hydrogen-bond acceptors (Lipinski definition) is 4. The summed E-state index contributed by atoms with van der Waals surface area (Å²) in [5.74, 6) is 0. The van der Waals surface area contributed by atoms with Crippen molar-refractivity contribution in [3.8, 4) is 5.69 Å². The van der Waals surface area contributed by atoms with Gasteiger partial charge in [0, 0.05) is 5.69 Å². The third-order valence-electron chi connectivity index (χ3n) is 2.21. The lowest BCUT2D eigenvalue weighted by Gasteiger charge is -2.06. The zero-order valence-corrected chi connectivity index (χ0v) is 10.6. The number of rotatable bonds is 2. The van der Waals surface area contributed by atoms with Crippen molar-refractivity contribution in [3.63, 3.8) is 0 Å². The Morgan fingerprint density at radius 1 is 1.35 bits per heavy atom. The summed E-state index contributed by atoms with van der Waals surface area (Å²) in [6.07, 6.45) is 1.82. The van der Waals surface area contributed by atoms with Gasteiger partial charge >= 0.3 is 0 Å². The summed E-state index contributed by atoms with van der Waals surface area (Å²) in [5.41, 5.74) is 6.68. The molecule has 0 unspecified atom stereocenters. The molecule has 0 aliphatic heterocycles. The van der Waals surface area contributed by atoms with Crippen LogP contribution in [0.3, 0.4) is 0 Å². The fourth-order valence-electron chi connectivity index (χ4n) is 1.38. The van der Waals surface area contributed by atoms with Crippen molar-refractivity contribution in [2.45, 2.75) is 4.90 Å². The van der Waals surface area contributed by atoms with E-state index >= 15 is 0 Å². The van der Waals surface area contributed by atoms with E-state index < -0.39 is 0 Å². The molecule has 17 heavy (non-hydrogen) atoms. The van der Waals surface area contributed by atoms with Gasteiger partial charge in [0.25, 0.3) is 5.56 Å². The number of halogens is 1. The van der Waals surface area contributed by atoms with Crippen molar-refractivity contribution in [1.29, 1.82) is 0 Å². The number of thioether (sulfide) groups is 1. The van der Waals surface area contributed by atoms with E-state index in [0.29, 0.717) is 16.3 Å². The number of aromatic nitrogens is 2. The Morgan fingerprint density at radius 3 is 2.59 bits per heavy atom. The van der Waals surface area contributed by atoms with Crippen LogP contribution in [0.25, 0.3) is 5.69 Å². The number of nitrogens with zero attached hydrogens (tertiary/aromatic N) is 2. The van der Waals surface area contributed by atoms with Gasteiger partial charge in [-0.05, 0) is 36.6 Å². The van der Waals surface area contributed by atoms with Gasteiger partial charge in [0.05, 0.1) is 10.6 Å². The topological polar surface area (TPSA) is 60.9 Å². The predicted octanol–water partition coefficient (Wildman–Crippen LogP) is 2.19. The van der Waals surface area contributed by atoms with Crippen molar-refractivity contribution in [3.05, 3.63) is 45.8 Å². The Kier molecular flexibility index (Phi) is 3.40. The molecule has 0 aliphatic carbocycles. The molecule has 4 nitrogen and oxygen atoms in total. The predicted molar refractivity (Wildman–Crippen MR) is 71.0 cm³/mol. The highest BCUT2D eigenvalue weighted by atomic mass is 35.5. The van der Waals surface area contributed by atoms with Crippen LogP contribution in [0.15, 0.2) is 40.0 Å². The minimum atomic E-state index is -0.188. The summed E-state index contributed by atoms with van der Waals surface area (Å²) >= 11 is 7.21. The van der Waals surface area contributed by atoms with E-state index in [1.807, 2.05) is 6.26 Å². The normalized spacial score (nSPS) is 10.5. The molecule has 1 aromatic heterocycles. The summed E-state index contributed by atoms with van der Waals surface area (Å²) in [6, 6.07) is 8.43. The minimum absolute atomic E-state index is 0.188. The Bertz CT molecular complexity index is 595. The first-order valence-corrected chi connectivity index (χ1v) is 6.42. The molecule has 0 bridgehead atoms. The second-order valence-corrected chi connectivity index (χ2v) is 4.58. The van der Waals surface area contributed by atoms with Crippen LogP contribution in [0, 0.1) is 0 Å². The summed E-state index contributed by atoms with van der Waals surface area (Å²) in [5, 5.41) is 4.28. The fraction of sp³-hybridized carbons (Fsp3) is 0.0909. The van der Waals surface area contributed by atoms with Crippen LogP contribution in [0.1, 0.15) is 0 Å². The standard InChI is InChI=1S/C11H10ClN3OS/c1-17-9-6-10(12)14-15(11(9)16)8-4-2-7(13)3-5-8/h2-6H,13H2,1H3. The first kappa shape index (κ1) is 12.0.